The summed E-state index contributed by atoms with van der Waals surface area (Å²) in [4.78, 5) is 13.6. The van der Waals surface area contributed by atoms with Crippen LogP contribution in [0.1, 0.15) is 25.3 Å². The molecule has 0 saturated carbocycles. The van der Waals surface area contributed by atoms with Crippen LogP contribution in [0.5, 0.6) is 0 Å². The fourth-order valence-electron chi connectivity index (χ4n) is 2.29. The molecule has 2 rings (SSSR count). The maximum atomic E-state index is 12.9. The third kappa shape index (κ3) is 3.81. The Morgan fingerprint density at radius 3 is 2.52 bits per heavy atom. The first-order chi connectivity index (χ1) is 9.79. The largest absolute Gasteiger partial charge is 0.418 e. The second-order valence-electron chi connectivity index (χ2n) is 5.26. The number of amides is 2. The first-order valence-electron chi connectivity index (χ1n) is 6.70. The third-order valence-electron chi connectivity index (χ3n) is 3.62. The van der Waals surface area contributed by atoms with Crippen molar-refractivity contribution in [3.05, 3.63) is 28.8 Å². The Balaban J connectivity index is 2.17. The molecular formula is C14H16ClF3N2O. The summed E-state index contributed by atoms with van der Waals surface area (Å²) in [5.41, 5.74) is -1.32. The average Bonchev–Trinajstić information content (AvgIpc) is 2.40. The zero-order valence-electron chi connectivity index (χ0n) is 11.5. The molecule has 1 aromatic rings. The van der Waals surface area contributed by atoms with Gasteiger partial charge in [-0.3, -0.25) is 0 Å². The monoisotopic (exact) mass is 320 g/mol. The highest BCUT2D eigenvalue weighted by atomic mass is 35.5. The number of carbonyl (C=O) groups excluding carboxylic acids is 1. The molecule has 1 heterocycles. The summed E-state index contributed by atoms with van der Waals surface area (Å²) in [6.07, 6.45) is -2.87. The lowest BCUT2D eigenvalue weighted by atomic mass is 10.00. The Labute approximate surface area is 126 Å². The van der Waals surface area contributed by atoms with Crippen molar-refractivity contribution in [2.24, 2.45) is 5.92 Å². The van der Waals surface area contributed by atoms with Crippen LogP contribution in [0, 0.1) is 5.92 Å². The highest BCUT2D eigenvalue weighted by molar-refractivity contribution is 6.33. The molecule has 0 spiro atoms. The lowest BCUT2D eigenvalue weighted by molar-refractivity contribution is -0.136. The minimum atomic E-state index is -4.57. The molecule has 0 aromatic heterocycles. The predicted molar refractivity (Wildman–Crippen MR) is 75.4 cm³/mol. The summed E-state index contributed by atoms with van der Waals surface area (Å²) in [6, 6.07) is 2.90. The Morgan fingerprint density at radius 2 is 1.95 bits per heavy atom. The minimum Gasteiger partial charge on any atom is -0.325 e. The van der Waals surface area contributed by atoms with Crippen molar-refractivity contribution < 1.29 is 18.0 Å². The van der Waals surface area contributed by atoms with Crippen LogP contribution in [-0.4, -0.2) is 24.0 Å². The highest BCUT2D eigenvalue weighted by Gasteiger charge is 2.35. The van der Waals surface area contributed by atoms with Crippen LogP contribution in [0.2, 0.25) is 5.02 Å². The van der Waals surface area contributed by atoms with Gasteiger partial charge < -0.3 is 10.2 Å². The van der Waals surface area contributed by atoms with Gasteiger partial charge in [0.25, 0.3) is 0 Å². The number of likely N-dealkylation sites (tertiary alicyclic amines) is 1. The fraction of sp³-hybridized carbons (Fsp3) is 0.500. The summed E-state index contributed by atoms with van der Waals surface area (Å²) in [7, 11) is 0. The number of hydrogen-bond acceptors (Lipinski definition) is 1. The van der Waals surface area contributed by atoms with Crippen LogP contribution >= 0.6 is 11.6 Å². The van der Waals surface area contributed by atoms with Gasteiger partial charge in [-0.05, 0) is 30.9 Å². The van der Waals surface area contributed by atoms with Gasteiger partial charge in [0.1, 0.15) is 0 Å². The lowest BCUT2D eigenvalue weighted by Gasteiger charge is -2.30. The standard InChI is InChI=1S/C14H16ClF3N2O/c1-9-5-7-20(8-6-9)13(21)19-12-10(14(16,17)18)3-2-4-11(12)15/h2-4,9H,5-8H2,1H3,(H,19,21). The van der Waals surface area contributed by atoms with Gasteiger partial charge >= 0.3 is 12.2 Å². The molecule has 0 radical (unpaired) electrons. The molecule has 7 heteroatoms. The van der Waals surface area contributed by atoms with Gasteiger partial charge in [0, 0.05) is 13.1 Å². The molecule has 1 saturated heterocycles. The number of nitrogens with zero attached hydrogens (tertiary/aromatic N) is 1. The quantitative estimate of drug-likeness (QED) is 0.804. The maximum Gasteiger partial charge on any atom is 0.418 e. The van der Waals surface area contributed by atoms with Gasteiger partial charge in [0.05, 0.1) is 16.3 Å². The van der Waals surface area contributed by atoms with Crippen molar-refractivity contribution in [1.82, 2.24) is 4.90 Å². The molecule has 116 valence electrons. The maximum absolute atomic E-state index is 12.9. The van der Waals surface area contributed by atoms with Crippen LogP contribution in [0.3, 0.4) is 0 Å². The van der Waals surface area contributed by atoms with E-state index < -0.39 is 17.8 Å². The first kappa shape index (κ1) is 15.9. The number of halogens is 4. The van der Waals surface area contributed by atoms with E-state index in [9.17, 15) is 18.0 Å². The lowest BCUT2D eigenvalue weighted by Crippen LogP contribution is -2.40. The van der Waals surface area contributed by atoms with Crippen molar-refractivity contribution in [3.63, 3.8) is 0 Å². The summed E-state index contributed by atoms with van der Waals surface area (Å²) >= 11 is 5.81. The van der Waals surface area contributed by atoms with Crippen LogP contribution in [-0.2, 0) is 6.18 Å². The van der Waals surface area contributed by atoms with E-state index in [4.69, 9.17) is 11.6 Å². The molecule has 0 aliphatic carbocycles. The normalized spacial score (nSPS) is 16.9. The zero-order valence-corrected chi connectivity index (χ0v) is 12.3. The summed E-state index contributed by atoms with van der Waals surface area (Å²) in [5.74, 6) is 0.528. The van der Waals surface area contributed by atoms with Crippen molar-refractivity contribution in [2.75, 3.05) is 18.4 Å². The van der Waals surface area contributed by atoms with Crippen molar-refractivity contribution in [3.8, 4) is 0 Å². The van der Waals surface area contributed by atoms with Gasteiger partial charge in [-0.2, -0.15) is 13.2 Å². The minimum absolute atomic E-state index is 0.122. The van der Waals surface area contributed by atoms with Gasteiger partial charge in [-0.25, -0.2) is 4.79 Å². The smallest absolute Gasteiger partial charge is 0.325 e. The average molecular weight is 321 g/mol. The number of benzene rings is 1. The molecular weight excluding hydrogens is 305 g/mol. The first-order valence-corrected chi connectivity index (χ1v) is 7.08. The summed E-state index contributed by atoms with van der Waals surface area (Å²) in [5, 5.41) is 2.18. The molecule has 1 aliphatic rings. The van der Waals surface area contributed by atoms with Crippen LogP contribution in [0.4, 0.5) is 23.7 Å². The molecule has 0 atom stereocenters. The van der Waals surface area contributed by atoms with E-state index in [2.05, 4.69) is 12.2 Å². The van der Waals surface area contributed by atoms with Crippen molar-refractivity contribution in [2.45, 2.75) is 25.9 Å². The molecule has 2 amide bonds. The second kappa shape index (κ2) is 6.13. The van der Waals surface area contributed by atoms with E-state index in [-0.39, 0.29) is 10.7 Å². The molecule has 1 fully saturated rings. The Hall–Kier alpha value is -1.43. The number of nitrogens with one attached hydrogen (secondary N) is 1. The fourth-order valence-corrected chi connectivity index (χ4v) is 2.51. The molecule has 1 aliphatic heterocycles. The van der Waals surface area contributed by atoms with Gasteiger partial charge in [0.2, 0.25) is 0 Å². The van der Waals surface area contributed by atoms with E-state index in [0.29, 0.717) is 19.0 Å². The van der Waals surface area contributed by atoms with Crippen LogP contribution < -0.4 is 5.32 Å². The number of piperidine rings is 1. The number of alkyl halides is 3. The van der Waals surface area contributed by atoms with Crippen LogP contribution in [0.15, 0.2) is 18.2 Å². The third-order valence-corrected chi connectivity index (χ3v) is 3.94. The van der Waals surface area contributed by atoms with Crippen molar-refractivity contribution >= 4 is 23.3 Å². The van der Waals surface area contributed by atoms with Gasteiger partial charge in [-0.15, -0.1) is 0 Å². The van der Waals surface area contributed by atoms with E-state index in [0.717, 1.165) is 18.9 Å². The van der Waals surface area contributed by atoms with E-state index >= 15 is 0 Å². The number of hydrogen-bond donors (Lipinski definition) is 1. The molecule has 21 heavy (non-hydrogen) atoms. The van der Waals surface area contributed by atoms with Crippen LogP contribution in [0.25, 0.3) is 0 Å². The molecule has 0 bridgehead atoms. The molecule has 1 N–H and O–H groups in total. The predicted octanol–water partition coefficient (Wildman–Crippen LogP) is 4.62. The molecule has 1 aromatic carbocycles. The number of anilines is 1. The van der Waals surface area contributed by atoms with Crippen molar-refractivity contribution in [1.29, 1.82) is 0 Å². The van der Waals surface area contributed by atoms with E-state index in [1.54, 1.807) is 0 Å². The SMILES string of the molecule is CC1CCN(C(=O)Nc2c(Cl)cccc2C(F)(F)F)CC1. The molecule has 3 nitrogen and oxygen atoms in total. The van der Waals surface area contributed by atoms with E-state index in [1.807, 2.05) is 0 Å². The zero-order chi connectivity index (χ0) is 15.6. The topological polar surface area (TPSA) is 32.3 Å². The van der Waals surface area contributed by atoms with E-state index in [1.165, 1.54) is 17.0 Å². The molecule has 0 unspecified atom stereocenters. The highest BCUT2D eigenvalue weighted by Crippen LogP contribution is 2.38. The summed E-state index contributed by atoms with van der Waals surface area (Å²) < 4.78 is 38.8. The number of rotatable bonds is 1. The Bertz CT molecular complexity index is 525. The van der Waals surface area contributed by atoms with Gasteiger partial charge in [-0.1, -0.05) is 24.6 Å². The Kier molecular flexibility index (Phi) is 4.66. The van der Waals surface area contributed by atoms with Gasteiger partial charge in [0.15, 0.2) is 0 Å². The number of urea groups is 1. The second-order valence-corrected chi connectivity index (χ2v) is 5.67. The number of para-hydroxylation sites is 1. The summed E-state index contributed by atoms with van der Waals surface area (Å²) in [6.45, 7) is 3.17. The Morgan fingerprint density at radius 1 is 1.33 bits per heavy atom. The number of carbonyl (C=O) groups is 1.